The van der Waals surface area contributed by atoms with Crippen molar-refractivity contribution in [3.05, 3.63) is 86.4 Å². The first-order valence-electron chi connectivity index (χ1n) is 18.4. The van der Waals surface area contributed by atoms with Crippen LogP contribution >= 0.6 is 22.6 Å². The fourth-order valence-corrected chi connectivity index (χ4v) is 6.83. The number of rotatable bonds is 6. The normalized spacial score (nSPS) is 17.9. The van der Waals surface area contributed by atoms with Crippen LogP contribution < -0.4 is 5.46 Å². The predicted octanol–water partition coefficient (Wildman–Crippen LogP) is 7.69. The van der Waals surface area contributed by atoms with Crippen LogP contribution in [0, 0.1) is 17.5 Å². The van der Waals surface area contributed by atoms with E-state index < -0.39 is 18.3 Å². The van der Waals surface area contributed by atoms with E-state index in [1.807, 2.05) is 72.1 Å². The molecule has 2 aromatic heterocycles. The molecule has 0 unspecified atom stereocenters. The molecule has 4 aromatic rings. The zero-order valence-corrected chi connectivity index (χ0v) is 34.7. The van der Waals surface area contributed by atoms with Crippen molar-refractivity contribution >= 4 is 47.1 Å². The predicted molar refractivity (Wildman–Crippen MR) is 222 cm³/mol. The molecule has 0 aliphatic carbocycles. The molecule has 298 valence electrons. The first kappa shape index (κ1) is 44.2. The summed E-state index contributed by atoms with van der Waals surface area (Å²) in [6.07, 6.45) is 7.91. The number of methoxy groups -OCH3 is 2. The van der Waals surface area contributed by atoms with Crippen molar-refractivity contribution in [3.8, 4) is 11.3 Å². The van der Waals surface area contributed by atoms with Crippen LogP contribution in [0.5, 0.6) is 0 Å². The van der Waals surface area contributed by atoms with Crippen LogP contribution in [0.2, 0.25) is 0 Å². The molecule has 0 atom stereocenters. The number of esters is 2. The number of aromatic amines is 2. The summed E-state index contributed by atoms with van der Waals surface area (Å²) in [6.45, 7) is 15.4. The maximum Gasteiger partial charge on any atom is 0.495 e. The molecular weight excluding hydrogens is 814 g/mol. The van der Waals surface area contributed by atoms with Gasteiger partial charge in [-0.1, -0.05) is 25.1 Å². The van der Waals surface area contributed by atoms with Gasteiger partial charge in [-0.2, -0.15) is 0 Å². The number of aryl methyl sites for hydroxylation is 2. The topological polar surface area (TPSA) is 147 Å². The quantitative estimate of drug-likeness (QED) is 0.112. The molecule has 3 fully saturated rings. The van der Waals surface area contributed by atoms with Gasteiger partial charge >= 0.3 is 19.1 Å². The van der Waals surface area contributed by atoms with Crippen LogP contribution in [0.25, 0.3) is 11.3 Å². The number of hydrogen-bond acceptors (Lipinski definition) is 10. The van der Waals surface area contributed by atoms with Gasteiger partial charge in [-0.3, -0.25) is 0 Å². The van der Waals surface area contributed by atoms with Crippen LogP contribution in [0.15, 0.2) is 48.8 Å². The standard InChI is InChI=1S/C17H20N2O3.C15H21BO4.C8H11IN2O.CH4/c1-11-3-4-13(17(20)21-2)9-14(11)15-10-18-16(19-15)12-5-7-22-8-6-12;1-10-7-8-11(13(17)18-6)9-12(10)16-19-14(2,3)15(4,5)20-16;9-7-5-10-8(11-7)6-1-3-12-4-2-6;/h3-4,9-10,12H,5-8H2,1-2H3,(H,18,19);7-9H,1-6H3;5-6H,1-4H2,(H,10,11);1H4. The number of nitrogens with zero attached hydrogens (tertiary/aromatic N) is 2. The minimum absolute atomic E-state index is 0. The highest BCUT2D eigenvalue weighted by atomic mass is 127. The summed E-state index contributed by atoms with van der Waals surface area (Å²) in [7, 11) is 2.29. The number of ether oxygens (including phenoxy) is 4. The fraction of sp³-hybridized carbons (Fsp3) is 0.512. The molecule has 3 aliphatic heterocycles. The number of nitrogens with one attached hydrogen (secondary N) is 2. The van der Waals surface area contributed by atoms with E-state index in [0.717, 1.165) is 95.3 Å². The molecule has 2 aromatic carbocycles. The number of hydrogen-bond donors (Lipinski definition) is 2. The first-order valence-corrected chi connectivity index (χ1v) is 19.5. The Morgan fingerprint density at radius 3 is 1.71 bits per heavy atom. The van der Waals surface area contributed by atoms with Gasteiger partial charge in [0.05, 0.1) is 58.3 Å². The second kappa shape index (κ2) is 19.5. The van der Waals surface area contributed by atoms with Crippen molar-refractivity contribution < 1.29 is 37.8 Å². The van der Waals surface area contributed by atoms with Crippen LogP contribution in [0.3, 0.4) is 0 Å². The van der Waals surface area contributed by atoms with Crippen molar-refractivity contribution in [1.82, 2.24) is 19.9 Å². The minimum Gasteiger partial charge on any atom is -0.465 e. The number of carbonyl (C=O) groups is 2. The van der Waals surface area contributed by atoms with Crippen LogP contribution in [-0.4, -0.2) is 90.8 Å². The number of aromatic nitrogens is 4. The zero-order chi connectivity index (χ0) is 39.0. The highest BCUT2D eigenvalue weighted by Gasteiger charge is 2.52. The molecule has 0 spiro atoms. The molecule has 0 amide bonds. The zero-order valence-electron chi connectivity index (χ0n) is 32.5. The maximum absolute atomic E-state index is 11.7. The van der Waals surface area contributed by atoms with Gasteiger partial charge in [0.1, 0.15) is 11.6 Å². The molecule has 3 aliphatic rings. The molecular formula is C41H56BIN4O8. The number of imidazole rings is 2. The maximum atomic E-state index is 11.7. The van der Waals surface area contributed by atoms with Gasteiger partial charge < -0.3 is 38.2 Å². The van der Waals surface area contributed by atoms with Gasteiger partial charge in [0.25, 0.3) is 0 Å². The highest BCUT2D eigenvalue weighted by molar-refractivity contribution is 14.1. The van der Waals surface area contributed by atoms with Crippen molar-refractivity contribution in [2.45, 2.75) is 97.7 Å². The summed E-state index contributed by atoms with van der Waals surface area (Å²) >= 11 is 2.25. The third-order valence-electron chi connectivity index (χ3n) is 10.5. The molecule has 3 saturated heterocycles. The van der Waals surface area contributed by atoms with Gasteiger partial charge in [0.2, 0.25) is 0 Å². The summed E-state index contributed by atoms with van der Waals surface area (Å²) in [5.41, 5.74) is 5.15. The van der Waals surface area contributed by atoms with E-state index in [2.05, 4.69) is 42.5 Å². The summed E-state index contributed by atoms with van der Waals surface area (Å²) < 4.78 is 33.4. The molecule has 14 heteroatoms. The molecule has 0 radical (unpaired) electrons. The Balaban J connectivity index is 0.000000189. The Morgan fingerprint density at radius 1 is 0.745 bits per heavy atom. The van der Waals surface area contributed by atoms with Crippen molar-refractivity contribution in [2.24, 2.45) is 0 Å². The van der Waals surface area contributed by atoms with Gasteiger partial charge in [0.15, 0.2) is 0 Å². The summed E-state index contributed by atoms with van der Waals surface area (Å²) in [6, 6.07) is 11.0. The van der Waals surface area contributed by atoms with E-state index in [4.69, 9.17) is 28.3 Å². The lowest BCUT2D eigenvalue weighted by atomic mass is 9.75. The molecule has 0 saturated carbocycles. The lowest BCUT2D eigenvalue weighted by Gasteiger charge is -2.32. The number of halogens is 1. The Hall–Kier alpha value is -3.57. The van der Waals surface area contributed by atoms with Crippen LogP contribution in [0.1, 0.15) is 116 Å². The average molecular weight is 871 g/mol. The molecule has 2 N–H and O–H groups in total. The van der Waals surface area contributed by atoms with Gasteiger partial charge in [0, 0.05) is 43.8 Å². The second-order valence-corrected chi connectivity index (χ2v) is 15.9. The Bertz CT molecular complexity index is 1870. The molecule has 0 bridgehead atoms. The number of benzene rings is 2. The summed E-state index contributed by atoms with van der Waals surface area (Å²) in [5.74, 6) is 2.45. The van der Waals surface area contributed by atoms with Gasteiger partial charge in [-0.05, 0) is 125 Å². The average Bonchev–Trinajstić information content (AvgIpc) is 3.90. The van der Waals surface area contributed by atoms with Crippen molar-refractivity contribution in [3.63, 3.8) is 0 Å². The van der Waals surface area contributed by atoms with Crippen LogP contribution in [-0.2, 0) is 28.3 Å². The van der Waals surface area contributed by atoms with Gasteiger partial charge in [-0.15, -0.1) is 0 Å². The van der Waals surface area contributed by atoms with E-state index in [0.29, 0.717) is 23.0 Å². The first-order chi connectivity index (χ1) is 25.7. The number of H-pyrrole nitrogens is 2. The molecule has 12 nitrogen and oxygen atoms in total. The lowest BCUT2D eigenvalue weighted by molar-refractivity contribution is 0.00578. The SMILES string of the molecule is C.COC(=O)c1ccc(C)c(-c2cnc(C3CCOCC3)[nH]2)c1.COC(=O)c1ccc(C)c(B2OC(C)(C)C(C)(C)O2)c1.Ic1cnc(C2CCOCC2)[nH]1. The largest absolute Gasteiger partial charge is 0.495 e. The minimum atomic E-state index is -0.468. The smallest absolute Gasteiger partial charge is 0.465 e. The van der Waals surface area contributed by atoms with E-state index in [1.54, 1.807) is 18.2 Å². The van der Waals surface area contributed by atoms with Crippen molar-refractivity contribution in [1.29, 1.82) is 0 Å². The summed E-state index contributed by atoms with van der Waals surface area (Å²) in [4.78, 5) is 38.9. The highest BCUT2D eigenvalue weighted by Crippen LogP contribution is 2.37. The van der Waals surface area contributed by atoms with Crippen LogP contribution in [0.4, 0.5) is 0 Å². The van der Waals surface area contributed by atoms with Crippen molar-refractivity contribution in [2.75, 3.05) is 40.6 Å². The summed E-state index contributed by atoms with van der Waals surface area (Å²) in [5, 5.41) is 0. The monoisotopic (exact) mass is 870 g/mol. The Kier molecular flexibility index (Phi) is 15.7. The molecule has 55 heavy (non-hydrogen) atoms. The van der Waals surface area contributed by atoms with E-state index >= 15 is 0 Å². The third-order valence-corrected chi connectivity index (χ3v) is 11.1. The fourth-order valence-electron chi connectivity index (χ4n) is 6.41. The second-order valence-electron chi connectivity index (χ2n) is 14.7. The lowest BCUT2D eigenvalue weighted by Crippen LogP contribution is -2.41. The van der Waals surface area contributed by atoms with E-state index in [9.17, 15) is 9.59 Å². The molecule has 7 rings (SSSR count). The number of carbonyl (C=O) groups excluding carboxylic acids is 2. The van der Waals surface area contributed by atoms with E-state index in [1.165, 1.54) is 14.2 Å². The third kappa shape index (κ3) is 11.1. The Labute approximate surface area is 339 Å². The Morgan fingerprint density at radius 2 is 1.22 bits per heavy atom. The van der Waals surface area contributed by atoms with E-state index in [-0.39, 0.29) is 19.4 Å². The van der Waals surface area contributed by atoms with Gasteiger partial charge in [-0.25, -0.2) is 19.6 Å². The molecule has 5 heterocycles.